The molecule has 1 saturated heterocycles. The zero-order valence-electron chi connectivity index (χ0n) is 15.7. The van der Waals surface area contributed by atoms with Gasteiger partial charge in [0.25, 0.3) is 0 Å². The first-order valence-corrected chi connectivity index (χ1v) is 11.0. The fourth-order valence-corrected chi connectivity index (χ4v) is 4.79. The van der Waals surface area contributed by atoms with Gasteiger partial charge in [0, 0.05) is 26.1 Å². The number of aryl methyl sites for hydroxylation is 1. The molecule has 1 N–H and O–H groups in total. The number of hydrogen-bond donors (Lipinski definition) is 1. The zero-order chi connectivity index (χ0) is 20.0. The largest absolute Gasteiger partial charge is 0.352 e. The maximum Gasteiger partial charge on any atom is 0.243 e. The molecule has 1 aliphatic rings. The van der Waals surface area contributed by atoms with E-state index in [1.807, 2.05) is 0 Å². The number of benzene rings is 2. The third-order valence-electron chi connectivity index (χ3n) is 4.90. The van der Waals surface area contributed by atoms with Crippen LogP contribution in [0, 0.1) is 5.82 Å². The molecule has 0 aromatic heterocycles. The van der Waals surface area contributed by atoms with Crippen molar-refractivity contribution >= 4 is 15.9 Å². The SMILES string of the molecule is O=C(CCc1ccc(S(=O)(=O)N2CCCCC2)cc1)NCc1cccc(F)c1. The lowest BCUT2D eigenvalue weighted by Crippen LogP contribution is -2.35. The molecule has 28 heavy (non-hydrogen) atoms. The molecule has 0 aliphatic carbocycles. The van der Waals surface area contributed by atoms with Crippen LogP contribution in [0.4, 0.5) is 4.39 Å². The molecule has 2 aromatic carbocycles. The van der Waals surface area contributed by atoms with Gasteiger partial charge < -0.3 is 5.32 Å². The van der Waals surface area contributed by atoms with Crippen molar-refractivity contribution in [3.63, 3.8) is 0 Å². The Morgan fingerprint density at radius 2 is 1.71 bits per heavy atom. The molecule has 150 valence electrons. The van der Waals surface area contributed by atoms with Crippen molar-refractivity contribution in [1.29, 1.82) is 0 Å². The number of nitrogens with one attached hydrogen (secondary N) is 1. The van der Waals surface area contributed by atoms with E-state index in [4.69, 9.17) is 0 Å². The van der Waals surface area contributed by atoms with E-state index in [1.165, 1.54) is 12.1 Å². The zero-order valence-corrected chi connectivity index (χ0v) is 16.6. The molecule has 7 heteroatoms. The van der Waals surface area contributed by atoms with E-state index in [-0.39, 0.29) is 24.7 Å². The van der Waals surface area contributed by atoms with Gasteiger partial charge in [0.2, 0.25) is 15.9 Å². The summed E-state index contributed by atoms with van der Waals surface area (Å²) in [6, 6.07) is 12.9. The fraction of sp³-hybridized carbons (Fsp3) is 0.381. The van der Waals surface area contributed by atoms with Gasteiger partial charge in [0.05, 0.1) is 4.90 Å². The predicted molar refractivity (Wildman–Crippen MR) is 106 cm³/mol. The topological polar surface area (TPSA) is 66.5 Å². The first-order chi connectivity index (χ1) is 13.4. The Hall–Kier alpha value is -2.25. The second kappa shape index (κ2) is 9.30. The number of carbonyl (C=O) groups is 1. The summed E-state index contributed by atoms with van der Waals surface area (Å²) in [7, 11) is -3.43. The quantitative estimate of drug-likeness (QED) is 0.770. The third kappa shape index (κ3) is 5.39. The van der Waals surface area contributed by atoms with Crippen LogP contribution in [0.2, 0.25) is 0 Å². The van der Waals surface area contributed by atoms with E-state index in [0.717, 1.165) is 24.8 Å². The van der Waals surface area contributed by atoms with E-state index < -0.39 is 10.0 Å². The van der Waals surface area contributed by atoms with Crippen LogP contribution < -0.4 is 5.32 Å². The van der Waals surface area contributed by atoms with Gasteiger partial charge in [-0.1, -0.05) is 30.7 Å². The van der Waals surface area contributed by atoms with Gasteiger partial charge in [0.1, 0.15) is 5.82 Å². The number of hydrogen-bond acceptors (Lipinski definition) is 3. The highest BCUT2D eigenvalue weighted by Gasteiger charge is 2.25. The first kappa shape index (κ1) is 20.5. The first-order valence-electron chi connectivity index (χ1n) is 9.55. The molecule has 2 aromatic rings. The Balaban J connectivity index is 1.50. The molecule has 0 unspecified atom stereocenters. The number of halogens is 1. The molecule has 0 radical (unpaired) electrons. The summed E-state index contributed by atoms with van der Waals surface area (Å²) in [6.45, 7) is 1.44. The van der Waals surface area contributed by atoms with Crippen LogP contribution in [0.1, 0.15) is 36.8 Å². The minimum absolute atomic E-state index is 0.130. The maximum atomic E-state index is 13.1. The lowest BCUT2D eigenvalue weighted by molar-refractivity contribution is -0.121. The van der Waals surface area contributed by atoms with Gasteiger partial charge in [-0.05, 0) is 54.7 Å². The summed E-state index contributed by atoms with van der Waals surface area (Å²) >= 11 is 0. The predicted octanol–water partition coefficient (Wildman–Crippen LogP) is 3.25. The normalized spacial score (nSPS) is 15.3. The van der Waals surface area contributed by atoms with Crippen LogP contribution in [0.15, 0.2) is 53.4 Å². The van der Waals surface area contributed by atoms with E-state index in [2.05, 4.69) is 5.32 Å². The second-order valence-electron chi connectivity index (χ2n) is 7.02. The Bertz CT molecular complexity index is 908. The molecule has 1 amide bonds. The van der Waals surface area contributed by atoms with Gasteiger partial charge >= 0.3 is 0 Å². The monoisotopic (exact) mass is 404 g/mol. The van der Waals surface area contributed by atoms with Gasteiger partial charge in [-0.2, -0.15) is 4.31 Å². The van der Waals surface area contributed by atoms with Gasteiger partial charge in [-0.3, -0.25) is 4.79 Å². The van der Waals surface area contributed by atoms with Crippen LogP contribution in [0.25, 0.3) is 0 Å². The third-order valence-corrected chi connectivity index (χ3v) is 6.81. The summed E-state index contributed by atoms with van der Waals surface area (Å²) in [6.07, 6.45) is 3.68. The second-order valence-corrected chi connectivity index (χ2v) is 8.95. The van der Waals surface area contributed by atoms with Gasteiger partial charge in [-0.25, -0.2) is 12.8 Å². The summed E-state index contributed by atoms with van der Waals surface area (Å²) in [4.78, 5) is 12.3. The smallest absolute Gasteiger partial charge is 0.243 e. The average Bonchev–Trinajstić information content (AvgIpc) is 2.72. The molecule has 0 atom stereocenters. The summed E-state index contributed by atoms with van der Waals surface area (Å²) in [5.74, 6) is -0.458. The van der Waals surface area contributed by atoms with E-state index in [1.54, 1.807) is 40.7 Å². The lowest BCUT2D eigenvalue weighted by Gasteiger charge is -2.25. The standard InChI is InChI=1S/C21H25FN2O3S/c22-19-6-4-5-18(15-19)16-23-21(25)12-9-17-7-10-20(11-8-17)28(26,27)24-13-2-1-3-14-24/h4-8,10-11,15H,1-3,9,12-14,16H2,(H,23,25). The number of carbonyl (C=O) groups excluding carboxylic acids is 1. The Labute approximate surface area is 165 Å². The van der Waals surface area contributed by atoms with Crippen LogP contribution in [-0.4, -0.2) is 31.7 Å². The van der Waals surface area contributed by atoms with Crippen molar-refractivity contribution in [3.8, 4) is 0 Å². The molecule has 0 bridgehead atoms. The molecule has 0 spiro atoms. The molecule has 1 fully saturated rings. The van der Waals surface area contributed by atoms with E-state index >= 15 is 0 Å². The molecule has 5 nitrogen and oxygen atoms in total. The number of sulfonamides is 1. The fourth-order valence-electron chi connectivity index (χ4n) is 3.28. The van der Waals surface area contributed by atoms with Crippen molar-refractivity contribution < 1.29 is 17.6 Å². The Kier molecular flexibility index (Phi) is 6.80. The van der Waals surface area contributed by atoms with Crippen LogP contribution >= 0.6 is 0 Å². The molecular formula is C21H25FN2O3S. The number of piperidine rings is 1. The highest BCUT2D eigenvalue weighted by atomic mass is 32.2. The van der Waals surface area contributed by atoms with Crippen molar-refractivity contribution in [2.75, 3.05) is 13.1 Å². The Morgan fingerprint density at radius 3 is 2.39 bits per heavy atom. The van der Waals surface area contributed by atoms with Crippen LogP contribution in [0.3, 0.4) is 0 Å². The van der Waals surface area contributed by atoms with Crippen molar-refractivity contribution in [3.05, 3.63) is 65.5 Å². The van der Waals surface area contributed by atoms with Crippen LogP contribution in [0.5, 0.6) is 0 Å². The van der Waals surface area contributed by atoms with E-state index in [9.17, 15) is 17.6 Å². The molecule has 1 heterocycles. The van der Waals surface area contributed by atoms with Crippen molar-refractivity contribution in [1.82, 2.24) is 9.62 Å². The average molecular weight is 405 g/mol. The Morgan fingerprint density at radius 1 is 1.00 bits per heavy atom. The number of amides is 1. The van der Waals surface area contributed by atoms with Crippen molar-refractivity contribution in [2.45, 2.75) is 43.5 Å². The van der Waals surface area contributed by atoms with E-state index in [0.29, 0.717) is 30.0 Å². The molecule has 0 saturated carbocycles. The van der Waals surface area contributed by atoms with Crippen LogP contribution in [-0.2, 0) is 27.8 Å². The summed E-state index contributed by atoms with van der Waals surface area (Å²) in [5, 5.41) is 2.77. The summed E-state index contributed by atoms with van der Waals surface area (Å²) < 4.78 is 40.0. The van der Waals surface area contributed by atoms with Crippen molar-refractivity contribution in [2.24, 2.45) is 0 Å². The highest BCUT2D eigenvalue weighted by molar-refractivity contribution is 7.89. The van der Waals surface area contributed by atoms with Gasteiger partial charge in [0.15, 0.2) is 0 Å². The lowest BCUT2D eigenvalue weighted by atomic mass is 10.1. The number of rotatable bonds is 7. The minimum atomic E-state index is -3.43. The maximum absolute atomic E-state index is 13.1. The number of nitrogens with zero attached hydrogens (tertiary/aromatic N) is 1. The molecular weight excluding hydrogens is 379 g/mol. The minimum Gasteiger partial charge on any atom is -0.352 e. The molecule has 1 aliphatic heterocycles. The molecule has 3 rings (SSSR count). The highest BCUT2D eigenvalue weighted by Crippen LogP contribution is 2.21. The van der Waals surface area contributed by atoms with Gasteiger partial charge in [-0.15, -0.1) is 0 Å². The summed E-state index contributed by atoms with van der Waals surface area (Å²) in [5.41, 5.74) is 1.61.